The van der Waals surface area contributed by atoms with Gasteiger partial charge in [0.25, 0.3) is 0 Å². The Morgan fingerprint density at radius 1 is 0.969 bits per heavy atom. The van der Waals surface area contributed by atoms with E-state index in [1.54, 1.807) is 17.0 Å². The van der Waals surface area contributed by atoms with Crippen molar-refractivity contribution in [2.24, 2.45) is 0 Å². The molecule has 1 saturated heterocycles. The number of ether oxygens (including phenoxy) is 2. The lowest BCUT2D eigenvalue weighted by Gasteiger charge is -2.34. The molecule has 1 amide bonds. The van der Waals surface area contributed by atoms with E-state index in [1.165, 1.54) is 27.8 Å². The summed E-state index contributed by atoms with van der Waals surface area (Å²) in [5.41, 5.74) is 0. The predicted octanol–water partition coefficient (Wildman–Crippen LogP) is 2.71. The highest BCUT2D eigenvalue weighted by Gasteiger charge is 2.31. The second-order valence-electron chi connectivity index (χ2n) is 7.78. The van der Waals surface area contributed by atoms with Crippen LogP contribution in [0.3, 0.4) is 0 Å². The Hall–Kier alpha value is -2.43. The minimum atomic E-state index is -3.71. The standard InChI is InChI=1S/C22H26N2O6S2/c1-16-3-7-21(31-16)18(25)5-8-22(26)23-9-11-24(12-10-23)32(27,28)17-4-6-19-20(15-17)30-14-2-13-29-19/h3-4,6-7,15H,2,5,8-14H2,1H3. The first-order valence-corrected chi connectivity index (χ1v) is 12.9. The van der Waals surface area contributed by atoms with Gasteiger partial charge in [0.2, 0.25) is 15.9 Å². The van der Waals surface area contributed by atoms with Gasteiger partial charge in [0, 0.05) is 56.4 Å². The molecule has 0 N–H and O–H groups in total. The Bertz CT molecular complexity index is 1100. The highest BCUT2D eigenvalue weighted by atomic mass is 32.2. The Balaban J connectivity index is 1.33. The minimum absolute atomic E-state index is 0.0351. The normalized spacial score (nSPS) is 17.1. The molecule has 3 heterocycles. The molecular formula is C22H26N2O6S2. The van der Waals surface area contributed by atoms with Crippen LogP contribution in [0.25, 0.3) is 0 Å². The van der Waals surface area contributed by atoms with Crippen LogP contribution in [0.4, 0.5) is 0 Å². The number of hydrogen-bond acceptors (Lipinski definition) is 7. The van der Waals surface area contributed by atoms with Crippen molar-refractivity contribution in [1.82, 2.24) is 9.21 Å². The van der Waals surface area contributed by atoms with Crippen molar-refractivity contribution in [3.05, 3.63) is 40.1 Å². The first-order chi connectivity index (χ1) is 15.3. The highest BCUT2D eigenvalue weighted by Crippen LogP contribution is 2.33. The SMILES string of the molecule is Cc1ccc(C(=O)CCC(=O)N2CCN(S(=O)(=O)c3ccc4c(c3)OCCCO4)CC2)s1. The van der Waals surface area contributed by atoms with Crippen molar-refractivity contribution in [2.45, 2.75) is 31.1 Å². The Morgan fingerprint density at radius 2 is 1.69 bits per heavy atom. The third-order valence-corrected chi connectivity index (χ3v) is 8.47. The number of ketones is 1. The van der Waals surface area contributed by atoms with E-state index in [1.807, 2.05) is 13.0 Å². The summed E-state index contributed by atoms with van der Waals surface area (Å²) >= 11 is 1.43. The van der Waals surface area contributed by atoms with Crippen LogP contribution in [0.2, 0.25) is 0 Å². The summed E-state index contributed by atoms with van der Waals surface area (Å²) in [5.74, 6) is 0.818. The van der Waals surface area contributed by atoms with Crippen LogP contribution in [0.1, 0.15) is 33.8 Å². The fourth-order valence-electron chi connectivity index (χ4n) is 3.72. The first kappa shape index (κ1) is 22.8. The van der Waals surface area contributed by atoms with Gasteiger partial charge in [-0.15, -0.1) is 11.3 Å². The van der Waals surface area contributed by atoms with E-state index in [2.05, 4.69) is 0 Å². The van der Waals surface area contributed by atoms with Gasteiger partial charge in [-0.3, -0.25) is 9.59 Å². The van der Waals surface area contributed by atoms with Crippen LogP contribution in [-0.4, -0.2) is 68.7 Å². The van der Waals surface area contributed by atoms with E-state index < -0.39 is 10.0 Å². The number of carbonyl (C=O) groups is 2. The van der Waals surface area contributed by atoms with Crippen molar-refractivity contribution in [2.75, 3.05) is 39.4 Å². The van der Waals surface area contributed by atoms with Gasteiger partial charge in [0.15, 0.2) is 17.3 Å². The average molecular weight is 479 g/mol. The number of amides is 1. The monoisotopic (exact) mass is 478 g/mol. The number of sulfonamides is 1. The molecule has 0 spiro atoms. The first-order valence-electron chi connectivity index (χ1n) is 10.6. The summed E-state index contributed by atoms with van der Waals surface area (Å²) in [6, 6.07) is 8.34. The van der Waals surface area contributed by atoms with E-state index in [-0.39, 0.29) is 42.5 Å². The molecule has 0 saturated carbocycles. The lowest BCUT2D eigenvalue weighted by atomic mass is 10.1. The number of hydrogen-bond donors (Lipinski definition) is 0. The molecular weight excluding hydrogens is 452 g/mol. The Kier molecular flexibility index (Phi) is 6.82. The van der Waals surface area contributed by atoms with E-state index in [0.717, 1.165) is 11.3 Å². The summed E-state index contributed by atoms with van der Waals surface area (Å²) < 4.78 is 38.8. The van der Waals surface area contributed by atoms with Crippen molar-refractivity contribution < 1.29 is 27.5 Å². The van der Waals surface area contributed by atoms with E-state index in [4.69, 9.17) is 9.47 Å². The maximum atomic E-state index is 13.1. The zero-order valence-corrected chi connectivity index (χ0v) is 19.5. The van der Waals surface area contributed by atoms with Gasteiger partial charge in [-0.25, -0.2) is 8.42 Å². The molecule has 0 aliphatic carbocycles. The predicted molar refractivity (Wildman–Crippen MR) is 120 cm³/mol. The molecule has 32 heavy (non-hydrogen) atoms. The number of piperazine rings is 1. The third kappa shape index (κ3) is 4.97. The van der Waals surface area contributed by atoms with Crippen LogP contribution in [0.5, 0.6) is 11.5 Å². The summed E-state index contributed by atoms with van der Waals surface area (Å²) in [5, 5.41) is 0. The minimum Gasteiger partial charge on any atom is -0.490 e. The number of rotatable bonds is 6. The van der Waals surface area contributed by atoms with Crippen LogP contribution in [-0.2, 0) is 14.8 Å². The van der Waals surface area contributed by atoms with E-state index in [9.17, 15) is 18.0 Å². The summed E-state index contributed by atoms with van der Waals surface area (Å²) in [6.45, 7) is 3.97. The smallest absolute Gasteiger partial charge is 0.243 e. The van der Waals surface area contributed by atoms with Gasteiger partial charge in [0.05, 0.1) is 23.0 Å². The van der Waals surface area contributed by atoms with Gasteiger partial charge in [-0.2, -0.15) is 4.31 Å². The van der Waals surface area contributed by atoms with Gasteiger partial charge < -0.3 is 14.4 Å². The number of thiophene rings is 1. The number of aryl methyl sites for hydroxylation is 1. The Morgan fingerprint density at radius 3 is 2.38 bits per heavy atom. The number of benzene rings is 1. The molecule has 0 atom stereocenters. The average Bonchev–Trinajstić information content (AvgIpc) is 3.10. The van der Waals surface area contributed by atoms with Crippen molar-refractivity contribution in [1.29, 1.82) is 0 Å². The van der Waals surface area contributed by atoms with Crippen molar-refractivity contribution in [3.63, 3.8) is 0 Å². The summed E-state index contributed by atoms with van der Waals surface area (Å²) in [7, 11) is -3.71. The topological polar surface area (TPSA) is 93.2 Å². The second kappa shape index (κ2) is 9.60. The third-order valence-electron chi connectivity index (χ3n) is 5.53. The zero-order chi connectivity index (χ0) is 22.7. The molecule has 1 aromatic heterocycles. The summed E-state index contributed by atoms with van der Waals surface area (Å²) in [4.78, 5) is 28.3. The second-order valence-corrected chi connectivity index (χ2v) is 11.0. The van der Waals surface area contributed by atoms with Crippen LogP contribution >= 0.6 is 11.3 Å². The van der Waals surface area contributed by atoms with Gasteiger partial charge in [0.1, 0.15) is 0 Å². The van der Waals surface area contributed by atoms with E-state index in [0.29, 0.717) is 42.7 Å². The van der Waals surface area contributed by atoms with Crippen molar-refractivity contribution >= 4 is 33.1 Å². The Labute approximate surface area is 191 Å². The fraction of sp³-hybridized carbons (Fsp3) is 0.455. The number of Topliss-reactive ketones (excluding diaryl/α,β-unsaturated/α-hetero) is 1. The molecule has 2 aliphatic heterocycles. The van der Waals surface area contributed by atoms with Gasteiger partial charge in [-0.1, -0.05) is 0 Å². The number of nitrogens with zero attached hydrogens (tertiary/aromatic N) is 2. The number of carbonyl (C=O) groups excluding carboxylic acids is 2. The molecule has 8 nitrogen and oxygen atoms in total. The maximum absolute atomic E-state index is 13.1. The quantitative estimate of drug-likeness (QED) is 0.593. The fourth-order valence-corrected chi connectivity index (χ4v) is 5.99. The molecule has 1 aromatic carbocycles. The molecule has 4 rings (SSSR count). The molecule has 2 aliphatic rings. The van der Waals surface area contributed by atoms with Crippen molar-refractivity contribution in [3.8, 4) is 11.5 Å². The molecule has 1 fully saturated rings. The van der Waals surface area contributed by atoms with Crippen LogP contribution < -0.4 is 9.47 Å². The van der Waals surface area contributed by atoms with Crippen LogP contribution in [0.15, 0.2) is 35.2 Å². The lowest BCUT2D eigenvalue weighted by Crippen LogP contribution is -2.50. The molecule has 0 radical (unpaired) electrons. The molecule has 172 valence electrons. The van der Waals surface area contributed by atoms with Gasteiger partial charge >= 0.3 is 0 Å². The largest absolute Gasteiger partial charge is 0.490 e. The zero-order valence-electron chi connectivity index (χ0n) is 17.9. The van der Waals surface area contributed by atoms with Crippen LogP contribution in [0, 0.1) is 6.92 Å². The molecule has 10 heteroatoms. The maximum Gasteiger partial charge on any atom is 0.243 e. The highest BCUT2D eigenvalue weighted by molar-refractivity contribution is 7.89. The van der Waals surface area contributed by atoms with E-state index >= 15 is 0 Å². The molecule has 2 aromatic rings. The lowest BCUT2D eigenvalue weighted by molar-refractivity contribution is -0.132. The summed E-state index contributed by atoms with van der Waals surface area (Å²) in [6.07, 6.45) is 1.03. The van der Waals surface area contributed by atoms with Gasteiger partial charge in [-0.05, 0) is 31.2 Å². The molecule has 0 bridgehead atoms. The molecule has 0 unspecified atom stereocenters. The number of fused-ring (bicyclic) bond motifs is 1.